The third kappa shape index (κ3) is 6.94. The fourth-order valence-corrected chi connectivity index (χ4v) is 4.51. The first kappa shape index (κ1) is 32.2. The number of hydrogen-bond donors (Lipinski definition) is 3. The second kappa shape index (κ2) is 12.0. The van der Waals surface area contributed by atoms with Crippen molar-refractivity contribution in [3.05, 3.63) is 70.3 Å². The van der Waals surface area contributed by atoms with E-state index < -0.39 is 41.9 Å². The molecule has 1 atom stereocenters. The summed E-state index contributed by atoms with van der Waals surface area (Å²) in [6.45, 7) is 7.07. The molecule has 11 heteroatoms. The van der Waals surface area contributed by atoms with Gasteiger partial charge in [0.15, 0.2) is 0 Å². The molecule has 39 heavy (non-hydrogen) atoms. The van der Waals surface area contributed by atoms with Crippen molar-refractivity contribution in [2.75, 3.05) is 6.61 Å². The van der Waals surface area contributed by atoms with Gasteiger partial charge in [0.2, 0.25) is 0 Å². The van der Waals surface area contributed by atoms with E-state index in [1.54, 1.807) is 32.0 Å². The van der Waals surface area contributed by atoms with Gasteiger partial charge in [-0.15, -0.1) is 0 Å². The van der Waals surface area contributed by atoms with E-state index in [1.165, 1.54) is 6.07 Å². The van der Waals surface area contributed by atoms with E-state index in [4.69, 9.17) is 9.84 Å². The lowest BCUT2D eigenvalue weighted by Gasteiger charge is -2.34. The zero-order chi connectivity index (χ0) is 29.8. The Bertz CT molecular complexity index is 1170. The van der Waals surface area contributed by atoms with Crippen molar-refractivity contribution in [1.82, 2.24) is 0 Å². The van der Waals surface area contributed by atoms with Gasteiger partial charge in [-0.2, -0.15) is 26.3 Å². The normalized spacial score (nSPS) is 14.1. The molecule has 0 bridgehead atoms. The zero-order valence-electron chi connectivity index (χ0n) is 22.0. The van der Waals surface area contributed by atoms with E-state index >= 15 is 0 Å². The standard InChI is InChI=1S/C28H32F6O5/c1-5-25(6-2,21-9-10-23(18(4)14-21)39-16-22(35)15-24(36)37)20-8-7-19(17(3)13-20)11-12-26(38,27(29,30)31)28(32,33)34/h7-14,22,35,38H,5-6,15-16H2,1-4H3,(H,36,37)/t22-/m0/s1. The Labute approximate surface area is 222 Å². The molecule has 0 aliphatic rings. The summed E-state index contributed by atoms with van der Waals surface area (Å²) >= 11 is 0. The van der Waals surface area contributed by atoms with Crippen molar-refractivity contribution < 1.29 is 51.2 Å². The predicted octanol–water partition coefficient (Wildman–Crippen LogP) is 6.49. The van der Waals surface area contributed by atoms with Crippen LogP contribution in [0.2, 0.25) is 0 Å². The van der Waals surface area contributed by atoms with Crippen LogP contribution in [0.5, 0.6) is 5.75 Å². The van der Waals surface area contributed by atoms with Crippen molar-refractivity contribution >= 4 is 12.0 Å². The van der Waals surface area contributed by atoms with Gasteiger partial charge in [-0.1, -0.05) is 50.3 Å². The first-order chi connectivity index (χ1) is 17.9. The molecule has 0 saturated heterocycles. The highest BCUT2D eigenvalue weighted by Gasteiger charge is 2.68. The first-order valence-corrected chi connectivity index (χ1v) is 12.2. The molecule has 0 heterocycles. The van der Waals surface area contributed by atoms with E-state index in [9.17, 15) is 41.4 Å². The fraction of sp³-hybridized carbons (Fsp3) is 0.464. The van der Waals surface area contributed by atoms with Crippen molar-refractivity contribution in [3.63, 3.8) is 0 Å². The summed E-state index contributed by atoms with van der Waals surface area (Å²) in [7, 11) is 0. The third-order valence-corrected chi connectivity index (χ3v) is 6.97. The number of ether oxygens (including phenoxy) is 1. The fourth-order valence-electron chi connectivity index (χ4n) is 4.51. The maximum atomic E-state index is 13.0. The van der Waals surface area contributed by atoms with Crippen molar-refractivity contribution in [1.29, 1.82) is 0 Å². The number of carbonyl (C=O) groups is 1. The summed E-state index contributed by atoms with van der Waals surface area (Å²) in [6.07, 6.45) is -11.9. The number of aliphatic carboxylic acids is 1. The number of rotatable bonds is 11. The average Bonchev–Trinajstić information content (AvgIpc) is 2.82. The number of hydrogen-bond acceptors (Lipinski definition) is 4. The summed E-state index contributed by atoms with van der Waals surface area (Å²) in [5, 5.41) is 27.9. The minimum atomic E-state index is -5.95. The SMILES string of the molecule is CCC(CC)(c1ccc(C=CC(O)(C(F)(F)F)C(F)(F)F)c(C)c1)c1ccc(OC[C@@H](O)CC(=O)O)c(C)c1. The molecular formula is C28H32F6O5. The van der Waals surface area contributed by atoms with Gasteiger partial charge in [0.1, 0.15) is 12.4 Å². The molecule has 2 aromatic rings. The molecule has 2 rings (SSSR count). The maximum Gasteiger partial charge on any atom is 0.430 e. The molecule has 3 N–H and O–H groups in total. The van der Waals surface area contributed by atoms with Crippen LogP contribution in [0.1, 0.15) is 60.9 Å². The number of benzene rings is 2. The van der Waals surface area contributed by atoms with Crippen molar-refractivity contribution in [2.45, 2.75) is 76.4 Å². The lowest BCUT2D eigenvalue weighted by atomic mass is 9.70. The Kier molecular flexibility index (Phi) is 9.89. The Hall–Kier alpha value is -3.05. The van der Waals surface area contributed by atoms with Crippen LogP contribution in [0.4, 0.5) is 26.3 Å². The van der Waals surface area contributed by atoms with E-state index in [0.717, 1.165) is 16.7 Å². The summed E-state index contributed by atoms with van der Waals surface area (Å²) in [5.41, 5.74) is -2.58. The van der Waals surface area contributed by atoms with Gasteiger partial charge in [0.05, 0.1) is 12.5 Å². The Morgan fingerprint density at radius 1 is 0.923 bits per heavy atom. The number of carboxylic acid groups (broad SMARTS) is 1. The Morgan fingerprint density at radius 3 is 1.87 bits per heavy atom. The lowest BCUT2D eigenvalue weighted by Crippen LogP contribution is -2.55. The molecule has 0 aliphatic heterocycles. The molecule has 0 amide bonds. The highest BCUT2D eigenvalue weighted by Crippen LogP contribution is 2.45. The molecule has 5 nitrogen and oxygen atoms in total. The minimum absolute atomic E-state index is 0.0895. The number of aliphatic hydroxyl groups is 2. The van der Waals surface area contributed by atoms with Crippen LogP contribution in [-0.4, -0.2) is 52.0 Å². The van der Waals surface area contributed by atoms with Crippen LogP contribution >= 0.6 is 0 Å². The van der Waals surface area contributed by atoms with Gasteiger partial charge in [-0.05, 0) is 66.6 Å². The smallest absolute Gasteiger partial charge is 0.430 e. The van der Waals surface area contributed by atoms with Gasteiger partial charge in [0.25, 0.3) is 5.60 Å². The molecule has 0 fully saturated rings. The van der Waals surface area contributed by atoms with Crippen LogP contribution < -0.4 is 4.74 Å². The average molecular weight is 563 g/mol. The van der Waals surface area contributed by atoms with Crippen LogP contribution in [0.25, 0.3) is 6.08 Å². The summed E-state index contributed by atoms with van der Waals surface area (Å²) in [4.78, 5) is 10.7. The Balaban J connectivity index is 2.42. The second-order valence-corrected chi connectivity index (χ2v) is 9.50. The third-order valence-electron chi connectivity index (χ3n) is 6.97. The van der Waals surface area contributed by atoms with E-state index in [2.05, 4.69) is 0 Å². The first-order valence-electron chi connectivity index (χ1n) is 12.2. The summed E-state index contributed by atoms with van der Waals surface area (Å²) in [6, 6.07) is 10.2. The van der Waals surface area contributed by atoms with Gasteiger partial charge < -0.3 is 20.1 Å². The van der Waals surface area contributed by atoms with Crippen molar-refractivity contribution in [2.24, 2.45) is 0 Å². The molecule has 0 aromatic heterocycles. The molecule has 0 aliphatic carbocycles. The molecule has 0 radical (unpaired) electrons. The molecular weight excluding hydrogens is 530 g/mol. The van der Waals surface area contributed by atoms with Gasteiger partial charge >= 0.3 is 18.3 Å². The van der Waals surface area contributed by atoms with Gasteiger partial charge in [0, 0.05) is 5.41 Å². The quantitative estimate of drug-likeness (QED) is 0.273. The highest BCUT2D eigenvalue weighted by atomic mass is 19.4. The van der Waals surface area contributed by atoms with Gasteiger partial charge in [-0.25, -0.2) is 0 Å². The number of halogens is 6. The van der Waals surface area contributed by atoms with E-state index in [0.29, 0.717) is 30.2 Å². The number of aryl methyl sites for hydroxylation is 2. The monoisotopic (exact) mass is 562 g/mol. The predicted molar refractivity (Wildman–Crippen MR) is 134 cm³/mol. The van der Waals surface area contributed by atoms with Gasteiger partial charge in [-0.3, -0.25) is 4.79 Å². The zero-order valence-corrected chi connectivity index (χ0v) is 22.0. The van der Waals surface area contributed by atoms with Crippen LogP contribution in [0, 0.1) is 13.8 Å². The van der Waals surface area contributed by atoms with Crippen LogP contribution in [0.15, 0.2) is 42.5 Å². The maximum absolute atomic E-state index is 13.0. The summed E-state index contributed by atoms with van der Waals surface area (Å²) < 4.78 is 83.8. The minimum Gasteiger partial charge on any atom is -0.491 e. The Morgan fingerprint density at radius 2 is 1.44 bits per heavy atom. The number of alkyl halides is 6. The topological polar surface area (TPSA) is 87.0 Å². The van der Waals surface area contributed by atoms with E-state index in [1.807, 2.05) is 26.0 Å². The van der Waals surface area contributed by atoms with Crippen LogP contribution in [-0.2, 0) is 10.2 Å². The molecule has 2 aromatic carbocycles. The number of aliphatic hydroxyl groups excluding tert-OH is 1. The lowest BCUT2D eigenvalue weighted by molar-refractivity contribution is -0.347. The van der Waals surface area contributed by atoms with Crippen LogP contribution in [0.3, 0.4) is 0 Å². The van der Waals surface area contributed by atoms with Crippen molar-refractivity contribution in [3.8, 4) is 5.75 Å². The molecule has 0 saturated carbocycles. The molecule has 216 valence electrons. The molecule has 0 unspecified atom stereocenters. The highest BCUT2D eigenvalue weighted by molar-refractivity contribution is 5.67. The summed E-state index contributed by atoms with van der Waals surface area (Å²) in [5.74, 6) is -0.690. The molecule has 0 spiro atoms. The number of carboxylic acids is 1. The largest absolute Gasteiger partial charge is 0.491 e. The second-order valence-electron chi connectivity index (χ2n) is 9.50. The van der Waals surface area contributed by atoms with E-state index in [-0.39, 0.29) is 18.2 Å².